The SMILES string of the molecule is CCCCCCCCCC/C=C\CCCCCCCCCCCCCCCCCCCCCCCC(=O)NC(COP(=O)([O-])OCC[N+](C)(C)C)C(O)CCCCCCCCCCCCCCCCCCCCCCC. The molecule has 0 aromatic heterocycles. The molecular weight excluding hydrogens is 960 g/mol. The lowest BCUT2D eigenvalue weighted by molar-refractivity contribution is -0.870. The van der Waals surface area contributed by atoms with Crippen LogP contribution in [0.2, 0.25) is 0 Å². The minimum absolute atomic E-state index is 0.0159. The number of hydrogen-bond donors (Lipinski definition) is 2. The highest BCUT2D eigenvalue weighted by Crippen LogP contribution is 2.38. The number of carbonyl (C=O) groups excluding carboxylic acids is 1. The van der Waals surface area contributed by atoms with E-state index in [1.165, 1.54) is 295 Å². The molecule has 0 aromatic rings. The van der Waals surface area contributed by atoms with Gasteiger partial charge in [0, 0.05) is 6.42 Å². The highest BCUT2D eigenvalue weighted by molar-refractivity contribution is 7.45. The number of nitrogens with one attached hydrogen (secondary N) is 1. The predicted molar refractivity (Wildman–Crippen MR) is 330 cm³/mol. The molecule has 9 heteroatoms. The van der Waals surface area contributed by atoms with Gasteiger partial charge in [-0.15, -0.1) is 0 Å². The number of rotatable bonds is 64. The minimum Gasteiger partial charge on any atom is -0.756 e. The maximum absolute atomic E-state index is 13.0. The average molecular weight is 1100 g/mol. The molecule has 0 aliphatic carbocycles. The lowest BCUT2D eigenvalue weighted by Gasteiger charge is -2.30. The number of hydrogen-bond acceptors (Lipinski definition) is 6. The van der Waals surface area contributed by atoms with Crippen LogP contribution in [0.15, 0.2) is 12.2 Å². The lowest BCUT2D eigenvalue weighted by Crippen LogP contribution is -2.46. The Bertz CT molecular complexity index is 1240. The van der Waals surface area contributed by atoms with E-state index >= 15 is 0 Å². The summed E-state index contributed by atoms with van der Waals surface area (Å²) in [7, 11) is 1.33. The van der Waals surface area contributed by atoms with Crippen molar-refractivity contribution >= 4 is 13.7 Å². The van der Waals surface area contributed by atoms with E-state index in [0.717, 1.165) is 38.5 Å². The summed E-state index contributed by atoms with van der Waals surface area (Å²) in [6.07, 6.45) is 74.3. The van der Waals surface area contributed by atoms with Gasteiger partial charge in [-0.05, 0) is 38.5 Å². The van der Waals surface area contributed by atoms with Gasteiger partial charge in [0.05, 0.1) is 39.9 Å². The molecule has 3 atom stereocenters. The molecular formula is C67H135N2O6P. The highest BCUT2D eigenvalue weighted by Gasteiger charge is 2.24. The Labute approximate surface area is 475 Å². The van der Waals surface area contributed by atoms with Crippen molar-refractivity contribution in [3.05, 3.63) is 12.2 Å². The van der Waals surface area contributed by atoms with Crippen molar-refractivity contribution in [2.24, 2.45) is 0 Å². The van der Waals surface area contributed by atoms with E-state index in [1.54, 1.807) is 0 Å². The smallest absolute Gasteiger partial charge is 0.268 e. The van der Waals surface area contributed by atoms with Gasteiger partial charge in [0.25, 0.3) is 7.82 Å². The molecule has 0 aliphatic heterocycles. The number of carbonyl (C=O) groups is 1. The van der Waals surface area contributed by atoms with Crippen molar-refractivity contribution in [2.75, 3.05) is 40.9 Å². The van der Waals surface area contributed by atoms with Crippen LogP contribution >= 0.6 is 7.82 Å². The van der Waals surface area contributed by atoms with Crippen molar-refractivity contribution in [2.45, 2.75) is 373 Å². The number of phosphoric ester groups is 1. The van der Waals surface area contributed by atoms with Gasteiger partial charge in [-0.25, -0.2) is 0 Å². The molecule has 0 fully saturated rings. The second kappa shape index (κ2) is 58.9. The zero-order chi connectivity index (χ0) is 55.6. The summed E-state index contributed by atoms with van der Waals surface area (Å²) in [6.45, 7) is 4.79. The fourth-order valence-electron chi connectivity index (χ4n) is 10.7. The van der Waals surface area contributed by atoms with Crippen LogP contribution in [-0.4, -0.2) is 68.5 Å². The second-order valence-electron chi connectivity index (χ2n) is 24.9. The topological polar surface area (TPSA) is 108 Å². The van der Waals surface area contributed by atoms with Gasteiger partial charge in [0.2, 0.25) is 5.91 Å². The maximum atomic E-state index is 13.0. The number of aliphatic hydroxyl groups excluding tert-OH is 1. The Balaban J connectivity index is 3.97. The first-order valence-corrected chi connectivity index (χ1v) is 35.5. The molecule has 3 unspecified atom stereocenters. The normalized spacial score (nSPS) is 13.7. The van der Waals surface area contributed by atoms with Crippen molar-refractivity contribution < 1.29 is 32.9 Å². The molecule has 0 spiro atoms. The van der Waals surface area contributed by atoms with Crippen LogP contribution in [0.4, 0.5) is 0 Å². The van der Waals surface area contributed by atoms with E-state index in [4.69, 9.17) is 9.05 Å². The number of quaternary nitrogens is 1. The average Bonchev–Trinajstić information content (AvgIpc) is 3.38. The van der Waals surface area contributed by atoms with Gasteiger partial charge in [-0.2, -0.15) is 0 Å². The first-order chi connectivity index (χ1) is 37.0. The number of allylic oxidation sites excluding steroid dienone is 2. The van der Waals surface area contributed by atoms with Gasteiger partial charge >= 0.3 is 0 Å². The molecule has 454 valence electrons. The summed E-state index contributed by atoms with van der Waals surface area (Å²) in [6, 6.07) is -0.798. The van der Waals surface area contributed by atoms with Gasteiger partial charge < -0.3 is 28.8 Å². The molecule has 76 heavy (non-hydrogen) atoms. The third kappa shape index (κ3) is 60.9. The van der Waals surface area contributed by atoms with Gasteiger partial charge in [0.1, 0.15) is 13.2 Å². The Kier molecular flexibility index (Phi) is 58.3. The van der Waals surface area contributed by atoms with Crippen LogP contribution in [-0.2, 0) is 18.4 Å². The van der Waals surface area contributed by atoms with Crippen molar-refractivity contribution in [1.82, 2.24) is 5.32 Å². The third-order valence-electron chi connectivity index (χ3n) is 16.0. The molecule has 0 rings (SSSR count). The van der Waals surface area contributed by atoms with Crippen LogP contribution < -0.4 is 10.2 Å². The first kappa shape index (κ1) is 75.2. The van der Waals surface area contributed by atoms with E-state index in [-0.39, 0.29) is 19.1 Å². The molecule has 0 saturated heterocycles. The van der Waals surface area contributed by atoms with Gasteiger partial charge in [-0.3, -0.25) is 9.36 Å². The summed E-state index contributed by atoms with van der Waals surface area (Å²) < 4.78 is 23.5. The van der Waals surface area contributed by atoms with Gasteiger partial charge in [-0.1, -0.05) is 328 Å². The largest absolute Gasteiger partial charge is 0.756 e. The van der Waals surface area contributed by atoms with Crippen LogP contribution in [0.5, 0.6) is 0 Å². The summed E-state index contributed by atoms with van der Waals surface area (Å²) >= 11 is 0. The monoisotopic (exact) mass is 1100 g/mol. The van der Waals surface area contributed by atoms with Crippen LogP contribution in [0, 0.1) is 0 Å². The van der Waals surface area contributed by atoms with Crippen molar-refractivity contribution in [3.8, 4) is 0 Å². The molecule has 1 amide bonds. The molecule has 0 bridgehead atoms. The summed E-state index contributed by atoms with van der Waals surface area (Å²) in [5.41, 5.74) is 0. The minimum atomic E-state index is -4.57. The standard InChI is InChI=1S/C67H135N2O6P/c1-6-8-10-12-14-16-18-20-22-24-26-28-29-30-31-32-33-34-35-36-37-38-39-41-43-45-47-49-51-53-55-57-59-61-67(71)68-65(64-75-76(72,73)74-63-62-69(3,4)5)66(70)60-58-56-54-52-50-48-46-44-42-40-27-25-23-21-19-17-15-13-11-9-7-2/h24,26,65-66,70H,6-23,25,27-64H2,1-5H3,(H-,68,71,72,73)/b26-24-. The van der Waals surface area contributed by atoms with Crippen LogP contribution in [0.1, 0.15) is 361 Å². The van der Waals surface area contributed by atoms with E-state index in [9.17, 15) is 19.4 Å². The molecule has 2 N–H and O–H groups in total. The molecule has 0 saturated carbocycles. The van der Waals surface area contributed by atoms with E-state index in [1.807, 2.05) is 21.1 Å². The van der Waals surface area contributed by atoms with E-state index < -0.39 is 20.0 Å². The Morgan fingerprint density at radius 1 is 0.447 bits per heavy atom. The number of likely N-dealkylation sites (N-methyl/N-ethyl adjacent to an activating group) is 1. The first-order valence-electron chi connectivity index (χ1n) is 34.0. The predicted octanol–water partition coefficient (Wildman–Crippen LogP) is 20.7. The van der Waals surface area contributed by atoms with Crippen LogP contribution in [0.3, 0.4) is 0 Å². The van der Waals surface area contributed by atoms with Gasteiger partial charge in [0.15, 0.2) is 0 Å². The molecule has 0 aliphatic rings. The molecule has 8 nitrogen and oxygen atoms in total. The summed E-state index contributed by atoms with van der Waals surface area (Å²) in [5.74, 6) is -0.155. The third-order valence-corrected chi connectivity index (χ3v) is 17.0. The van der Waals surface area contributed by atoms with Crippen molar-refractivity contribution in [3.63, 3.8) is 0 Å². The number of unbranched alkanes of at least 4 members (excludes halogenated alkanes) is 49. The molecule has 0 aromatic carbocycles. The number of amides is 1. The zero-order valence-electron chi connectivity index (χ0n) is 52.0. The van der Waals surface area contributed by atoms with Crippen LogP contribution in [0.25, 0.3) is 0 Å². The second-order valence-corrected chi connectivity index (χ2v) is 26.3. The van der Waals surface area contributed by atoms with E-state index in [2.05, 4.69) is 31.3 Å². The summed E-state index contributed by atoms with van der Waals surface area (Å²) in [4.78, 5) is 25.6. The lowest BCUT2D eigenvalue weighted by atomic mass is 10.0. The fourth-order valence-corrected chi connectivity index (χ4v) is 11.4. The number of aliphatic hydroxyl groups is 1. The maximum Gasteiger partial charge on any atom is 0.268 e. The highest BCUT2D eigenvalue weighted by atomic mass is 31.2. The molecule has 0 heterocycles. The zero-order valence-corrected chi connectivity index (χ0v) is 52.9. The fraction of sp³-hybridized carbons (Fsp3) is 0.955. The Morgan fingerprint density at radius 2 is 0.724 bits per heavy atom. The van der Waals surface area contributed by atoms with E-state index in [0.29, 0.717) is 23.9 Å². The Morgan fingerprint density at radius 3 is 1.03 bits per heavy atom. The Hall–Kier alpha value is -0.760. The number of nitrogens with zero attached hydrogens (tertiary/aromatic N) is 1. The summed E-state index contributed by atoms with van der Waals surface area (Å²) in [5, 5.41) is 14.1. The van der Waals surface area contributed by atoms with Crippen molar-refractivity contribution in [1.29, 1.82) is 0 Å². The number of phosphoric acid groups is 1. The molecule has 0 radical (unpaired) electrons. The quantitative estimate of drug-likeness (QED) is 0.0272.